The number of likely N-dealkylation sites (tertiary alicyclic amines) is 2. The molecule has 0 unspecified atom stereocenters. The van der Waals surface area contributed by atoms with Crippen LogP contribution in [-0.4, -0.2) is 62.6 Å². The number of carbonyl (C=O) groups excluding carboxylic acids is 1. The molecular formula is C17H26N4O4. The number of rotatable bonds is 4. The number of aromatic nitrogens is 2. The minimum Gasteiger partial charge on any atom is -0.480 e. The molecule has 3 rings (SSSR count). The van der Waals surface area contributed by atoms with E-state index in [2.05, 4.69) is 15.0 Å². The highest BCUT2D eigenvalue weighted by molar-refractivity contribution is 5.83. The summed E-state index contributed by atoms with van der Waals surface area (Å²) in [5, 5.41) is 13.4. The lowest BCUT2D eigenvalue weighted by Crippen LogP contribution is -2.42. The Balaban J connectivity index is 1.59. The second kappa shape index (κ2) is 6.74. The van der Waals surface area contributed by atoms with Gasteiger partial charge in [-0.15, -0.1) is 0 Å². The van der Waals surface area contributed by atoms with Gasteiger partial charge in [0.2, 0.25) is 11.8 Å². The molecule has 0 saturated carbocycles. The second-order valence-corrected chi connectivity index (χ2v) is 7.68. The SMILES string of the molecule is CC(=O)N1CC2(CCN(Cc3nc(C(C)C)no3)CC2)C[C@H]1C(=O)O. The highest BCUT2D eigenvalue weighted by atomic mass is 16.5. The first-order valence-electron chi connectivity index (χ1n) is 8.84. The molecule has 3 heterocycles. The highest BCUT2D eigenvalue weighted by Crippen LogP contribution is 2.43. The van der Waals surface area contributed by atoms with E-state index >= 15 is 0 Å². The van der Waals surface area contributed by atoms with Gasteiger partial charge in [0, 0.05) is 19.4 Å². The van der Waals surface area contributed by atoms with Gasteiger partial charge in [-0.3, -0.25) is 9.69 Å². The van der Waals surface area contributed by atoms with Crippen LogP contribution in [0.3, 0.4) is 0 Å². The quantitative estimate of drug-likeness (QED) is 0.878. The third-order valence-corrected chi connectivity index (χ3v) is 5.47. The van der Waals surface area contributed by atoms with E-state index in [0.717, 1.165) is 31.8 Å². The van der Waals surface area contributed by atoms with Gasteiger partial charge >= 0.3 is 5.97 Å². The third-order valence-electron chi connectivity index (χ3n) is 5.47. The van der Waals surface area contributed by atoms with Gasteiger partial charge in [0.25, 0.3) is 0 Å². The lowest BCUT2D eigenvalue weighted by Gasteiger charge is -2.38. The average molecular weight is 350 g/mol. The Labute approximate surface area is 147 Å². The molecule has 25 heavy (non-hydrogen) atoms. The number of piperidine rings is 1. The smallest absolute Gasteiger partial charge is 0.326 e. The molecule has 0 aromatic carbocycles. The molecule has 2 aliphatic rings. The number of hydrogen-bond acceptors (Lipinski definition) is 6. The van der Waals surface area contributed by atoms with Crippen LogP contribution < -0.4 is 0 Å². The van der Waals surface area contributed by atoms with E-state index in [1.807, 2.05) is 13.8 Å². The van der Waals surface area contributed by atoms with E-state index in [9.17, 15) is 14.7 Å². The number of hydrogen-bond donors (Lipinski definition) is 1. The maximum Gasteiger partial charge on any atom is 0.326 e. The average Bonchev–Trinajstić information content (AvgIpc) is 3.15. The summed E-state index contributed by atoms with van der Waals surface area (Å²) in [6.07, 6.45) is 2.31. The van der Waals surface area contributed by atoms with E-state index in [1.165, 1.54) is 11.8 Å². The Kier molecular flexibility index (Phi) is 4.81. The number of aliphatic carboxylic acids is 1. The molecular weight excluding hydrogens is 324 g/mol. The topological polar surface area (TPSA) is 99.8 Å². The van der Waals surface area contributed by atoms with Crippen molar-refractivity contribution in [2.45, 2.75) is 58.5 Å². The maximum absolute atomic E-state index is 11.8. The van der Waals surface area contributed by atoms with Gasteiger partial charge < -0.3 is 14.5 Å². The normalized spacial score (nSPS) is 23.5. The van der Waals surface area contributed by atoms with Gasteiger partial charge in [0.15, 0.2) is 5.82 Å². The lowest BCUT2D eigenvalue weighted by atomic mass is 9.76. The second-order valence-electron chi connectivity index (χ2n) is 7.68. The van der Waals surface area contributed by atoms with E-state index in [1.54, 1.807) is 0 Å². The Bertz CT molecular complexity index is 625. The number of carbonyl (C=O) groups is 2. The van der Waals surface area contributed by atoms with Crippen LogP contribution >= 0.6 is 0 Å². The molecule has 8 heteroatoms. The molecule has 2 aliphatic heterocycles. The van der Waals surface area contributed by atoms with Crippen LogP contribution in [0.1, 0.15) is 57.7 Å². The molecule has 0 radical (unpaired) electrons. The Morgan fingerprint density at radius 3 is 2.52 bits per heavy atom. The zero-order chi connectivity index (χ0) is 18.2. The molecule has 1 aromatic heterocycles. The van der Waals surface area contributed by atoms with Crippen LogP contribution in [0.5, 0.6) is 0 Å². The predicted molar refractivity (Wildman–Crippen MR) is 88.8 cm³/mol. The van der Waals surface area contributed by atoms with Crippen LogP contribution in [0.15, 0.2) is 4.52 Å². The van der Waals surface area contributed by atoms with Crippen molar-refractivity contribution in [1.82, 2.24) is 19.9 Å². The maximum atomic E-state index is 11.8. The Hall–Kier alpha value is -1.96. The number of nitrogens with zero attached hydrogens (tertiary/aromatic N) is 4. The molecule has 1 atom stereocenters. The molecule has 2 saturated heterocycles. The van der Waals surface area contributed by atoms with Crippen LogP contribution in [-0.2, 0) is 16.1 Å². The largest absolute Gasteiger partial charge is 0.480 e. The first-order valence-corrected chi connectivity index (χ1v) is 8.84. The molecule has 8 nitrogen and oxygen atoms in total. The van der Waals surface area contributed by atoms with Gasteiger partial charge in [0.1, 0.15) is 6.04 Å². The summed E-state index contributed by atoms with van der Waals surface area (Å²) in [5.41, 5.74) is -0.0802. The fourth-order valence-corrected chi connectivity index (χ4v) is 3.91. The fraction of sp³-hybridized carbons (Fsp3) is 0.765. The minimum absolute atomic E-state index is 0.0802. The van der Waals surface area contributed by atoms with Gasteiger partial charge in [-0.1, -0.05) is 19.0 Å². The zero-order valence-corrected chi connectivity index (χ0v) is 15.1. The summed E-state index contributed by atoms with van der Waals surface area (Å²) in [6, 6.07) is -0.686. The first-order chi connectivity index (χ1) is 11.8. The monoisotopic (exact) mass is 350 g/mol. The summed E-state index contributed by atoms with van der Waals surface area (Å²) >= 11 is 0. The van der Waals surface area contributed by atoms with Gasteiger partial charge in [-0.2, -0.15) is 4.98 Å². The van der Waals surface area contributed by atoms with Crippen LogP contribution in [0, 0.1) is 5.41 Å². The minimum atomic E-state index is -0.901. The van der Waals surface area contributed by atoms with Crippen molar-refractivity contribution in [3.05, 3.63) is 11.7 Å². The van der Waals surface area contributed by atoms with Gasteiger partial charge in [-0.05, 0) is 37.8 Å². The molecule has 1 amide bonds. The van der Waals surface area contributed by atoms with Crippen molar-refractivity contribution < 1.29 is 19.2 Å². The van der Waals surface area contributed by atoms with Crippen molar-refractivity contribution in [1.29, 1.82) is 0 Å². The van der Waals surface area contributed by atoms with Crippen molar-refractivity contribution >= 4 is 11.9 Å². The number of carboxylic acid groups (broad SMARTS) is 1. The summed E-state index contributed by atoms with van der Waals surface area (Å²) in [6.45, 7) is 8.36. The standard InChI is InChI=1S/C17H26N4O4/c1-11(2)15-18-14(25-19-15)9-20-6-4-17(5-7-20)8-13(16(23)24)21(10-17)12(3)22/h11,13H,4-10H2,1-3H3,(H,23,24)/t13-/m0/s1. The summed E-state index contributed by atoms with van der Waals surface area (Å²) in [4.78, 5) is 31.4. The molecule has 1 aromatic rings. The van der Waals surface area contributed by atoms with E-state index in [-0.39, 0.29) is 17.2 Å². The van der Waals surface area contributed by atoms with Crippen molar-refractivity contribution in [2.75, 3.05) is 19.6 Å². The van der Waals surface area contributed by atoms with Crippen molar-refractivity contribution in [2.24, 2.45) is 5.41 Å². The summed E-state index contributed by atoms with van der Waals surface area (Å²) < 4.78 is 5.31. The molecule has 138 valence electrons. The molecule has 1 N–H and O–H groups in total. The lowest BCUT2D eigenvalue weighted by molar-refractivity contribution is -0.147. The van der Waals surface area contributed by atoms with Gasteiger partial charge in [-0.25, -0.2) is 4.79 Å². The molecule has 0 bridgehead atoms. The highest BCUT2D eigenvalue weighted by Gasteiger charge is 2.49. The molecule has 0 aliphatic carbocycles. The zero-order valence-electron chi connectivity index (χ0n) is 15.1. The van der Waals surface area contributed by atoms with Crippen LogP contribution in [0.2, 0.25) is 0 Å². The first kappa shape index (κ1) is 17.8. The summed E-state index contributed by atoms with van der Waals surface area (Å²) in [7, 11) is 0. The van der Waals surface area contributed by atoms with Crippen LogP contribution in [0.25, 0.3) is 0 Å². The van der Waals surface area contributed by atoms with Crippen molar-refractivity contribution in [3.63, 3.8) is 0 Å². The summed E-state index contributed by atoms with van der Waals surface area (Å²) in [5.74, 6) is 0.534. The molecule has 2 fully saturated rings. The number of carboxylic acids is 1. The Morgan fingerprint density at radius 2 is 2.04 bits per heavy atom. The third kappa shape index (κ3) is 3.68. The Morgan fingerprint density at radius 1 is 1.36 bits per heavy atom. The van der Waals surface area contributed by atoms with Gasteiger partial charge in [0.05, 0.1) is 6.54 Å². The molecule has 1 spiro atoms. The predicted octanol–water partition coefficient (Wildman–Crippen LogP) is 1.48. The fourth-order valence-electron chi connectivity index (χ4n) is 3.91. The van der Waals surface area contributed by atoms with E-state index in [4.69, 9.17) is 4.52 Å². The van der Waals surface area contributed by atoms with E-state index < -0.39 is 12.0 Å². The number of amides is 1. The van der Waals surface area contributed by atoms with E-state index in [0.29, 0.717) is 25.4 Å². The van der Waals surface area contributed by atoms with Crippen LogP contribution in [0.4, 0.5) is 0 Å². The van der Waals surface area contributed by atoms with Crippen molar-refractivity contribution in [3.8, 4) is 0 Å².